The third kappa shape index (κ3) is 3.18. The quantitative estimate of drug-likeness (QED) is 0.693. The topological polar surface area (TPSA) is 99.4 Å². The number of aromatic nitrogens is 1. The number of carbonyl (C=O) groups is 1. The fourth-order valence-corrected chi connectivity index (χ4v) is 0.949. The monoisotopic (exact) mass is 202 g/mol. The van der Waals surface area contributed by atoms with Crippen LogP contribution >= 0.6 is 0 Å². The van der Waals surface area contributed by atoms with Crippen LogP contribution in [0, 0.1) is 0 Å². The number of carbonyl (C=O) groups excluding carboxylic acids is 1. The molecular formula is C6H6N2O4S. The van der Waals surface area contributed by atoms with Gasteiger partial charge in [0, 0.05) is 12.4 Å². The molecule has 6 nitrogen and oxygen atoms in total. The van der Waals surface area contributed by atoms with Gasteiger partial charge in [-0.05, 0) is 12.1 Å². The minimum Gasteiger partial charge on any atom is -0.330 e. The lowest BCUT2D eigenvalue weighted by Crippen LogP contribution is -2.20. The van der Waals surface area contributed by atoms with Crippen molar-refractivity contribution in [2.75, 3.05) is 0 Å². The molecule has 7 heteroatoms. The second-order valence-corrected chi connectivity index (χ2v) is 3.25. The highest BCUT2D eigenvalue weighted by atomic mass is 32.2. The molecule has 1 rings (SSSR count). The maximum absolute atomic E-state index is 11.0. The van der Waals surface area contributed by atoms with Crippen LogP contribution in [0.1, 0.15) is 10.4 Å². The number of hydrogen-bond acceptors (Lipinski definition) is 5. The molecule has 0 atom stereocenters. The number of nitrogens with zero attached hydrogens (tertiary/aromatic N) is 1. The highest BCUT2D eigenvalue weighted by molar-refractivity contribution is 7.84. The average Bonchev–Trinajstić information content (AvgIpc) is 2.03. The largest absolute Gasteiger partial charge is 0.382 e. The van der Waals surface area contributed by atoms with Gasteiger partial charge in [0.1, 0.15) is 0 Å². The van der Waals surface area contributed by atoms with Crippen molar-refractivity contribution in [3.05, 3.63) is 30.1 Å². The van der Waals surface area contributed by atoms with Gasteiger partial charge >= 0.3 is 16.3 Å². The van der Waals surface area contributed by atoms with Crippen LogP contribution in [0.2, 0.25) is 0 Å². The van der Waals surface area contributed by atoms with Gasteiger partial charge in [0.25, 0.3) is 0 Å². The van der Waals surface area contributed by atoms with Gasteiger partial charge in [-0.2, -0.15) is 13.6 Å². The van der Waals surface area contributed by atoms with E-state index >= 15 is 0 Å². The molecule has 70 valence electrons. The van der Waals surface area contributed by atoms with Crippen molar-refractivity contribution >= 4 is 16.3 Å². The summed E-state index contributed by atoms with van der Waals surface area (Å²) in [7, 11) is -4.24. The van der Waals surface area contributed by atoms with E-state index in [0.29, 0.717) is 0 Å². The van der Waals surface area contributed by atoms with Crippen LogP contribution in [0.15, 0.2) is 24.5 Å². The summed E-state index contributed by atoms with van der Waals surface area (Å²) in [6, 6.07) is 2.63. The van der Waals surface area contributed by atoms with Crippen LogP contribution in [0.5, 0.6) is 0 Å². The van der Waals surface area contributed by atoms with Crippen LogP contribution in [0.4, 0.5) is 0 Å². The predicted octanol–water partition coefficient (Wildman–Crippen LogP) is -0.558. The van der Waals surface area contributed by atoms with Crippen LogP contribution in [-0.2, 0) is 14.5 Å². The second-order valence-electron chi connectivity index (χ2n) is 2.10. The predicted molar refractivity (Wildman–Crippen MR) is 42.8 cm³/mol. The molecule has 0 bridgehead atoms. The first-order valence-corrected chi connectivity index (χ1v) is 4.63. The molecule has 0 aromatic carbocycles. The van der Waals surface area contributed by atoms with Crippen molar-refractivity contribution in [3.8, 4) is 0 Å². The highest BCUT2D eigenvalue weighted by Gasteiger charge is 2.13. The summed E-state index contributed by atoms with van der Waals surface area (Å²) in [6.45, 7) is 0. The molecule has 0 aliphatic carbocycles. The minimum atomic E-state index is -4.24. The lowest BCUT2D eigenvalue weighted by molar-refractivity contribution is 0.0747. The molecule has 1 heterocycles. The van der Waals surface area contributed by atoms with E-state index in [4.69, 9.17) is 0 Å². The Hall–Kier alpha value is -1.47. The van der Waals surface area contributed by atoms with E-state index in [0.717, 1.165) is 0 Å². The summed E-state index contributed by atoms with van der Waals surface area (Å²) in [5, 5.41) is 4.49. The Balaban J connectivity index is 2.82. The molecule has 0 aliphatic heterocycles. The summed E-state index contributed by atoms with van der Waals surface area (Å²) in [5.41, 5.74) is 0.0732. The number of hydrogen-bond donors (Lipinski definition) is 1. The van der Waals surface area contributed by atoms with Gasteiger partial charge in [0.2, 0.25) is 0 Å². The second kappa shape index (κ2) is 3.50. The highest BCUT2D eigenvalue weighted by Crippen LogP contribution is 2.00. The van der Waals surface area contributed by atoms with E-state index < -0.39 is 16.3 Å². The maximum atomic E-state index is 11.0. The number of rotatable bonds is 2. The Bertz CT molecular complexity index is 400. The van der Waals surface area contributed by atoms with Crippen molar-refractivity contribution in [3.63, 3.8) is 0 Å². The van der Waals surface area contributed by atoms with Gasteiger partial charge in [-0.1, -0.05) is 0 Å². The average molecular weight is 202 g/mol. The fraction of sp³-hybridized carbons (Fsp3) is 0. The Morgan fingerprint density at radius 2 is 1.92 bits per heavy atom. The number of nitrogens with two attached hydrogens (primary N) is 1. The summed E-state index contributed by atoms with van der Waals surface area (Å²) in [6.07, 6.45) is 2.67. The summed E-state index contributed by atoms with van der Waals surface area (Å²) in [4.78, 5) is 14.6. The minimum absolute atomic E-state index is 0.0732. The number of pyridine rings is 1. The van der Waals surface area contributed by atoms with Crippen molar-refractivity contribution in [2.24, 2.45) is 5.14 Å². The maximum Gasteiger partial charge on any atom is 0.382 e. The zero-order valence-corrected chi connectivity index (χ0v) is 7.19. The van der Waals surface area contributed by atoms with Crippen molar-refractivity contribution in [2.45, 2.75) is 0 Å². The molecule has 1 aromatic heterocycles. The summed E-state index contributed by atoms with van der Waals surface area (Å²) < 4.78 is 24.6. The Morgan fingerprint density at radius 3 is 2.38 bits per heavy atom. The lowest BCUT2D eigenvalue weighted by Gasteiger charge is -1.99. The van der Waals surface area contributed by atoms with Gasteiger partial charge in [-0.25, -0.2) is 4.79 Å². The van der Waals surface area contributed by atoms with Crippen LogP contribution in [0.3, 0.4) is 0 Å². The molecule has 0 spiro atoms. The Labute approximate surface area is 74.6 Å². The van der Waals surface area contributed by atoms with Crippen molar-refractivity contribution < 1.29 is 17.4 Å². The van der Waals surface area contributed by atoms with Crippen molar-refractivity contribution in [1.82, 2.24) is 4.98 Å². The van der Waals surface area contributed by atoms with Crippen LogP contribution in [-0.4, -0.2) is 19.4 Å². The molecule has 0 unspecified atom stereocenters. The van der Waals surface area contributed by atoms with Crippen molar-refractivity contribution in [1.29, 1.82) is 0 Å². The lowest BCUT2D eigenvalue weighted by atomic mass is 10.3. The Morgan fingerprint density at radius 1 is 1.38 bits per heavy atom. The molecule has 0 saturated heterocycles. The van der Waals surface area contributed by atoms with E-state index in [2.05, 4.69) is 14.3 Å². The Kier molecular flexibility index (Phi) is 2.59. The van der Waals surface area contributed by atoms with Crippen LogP contribution in [0.25, 0.3) is 0 Å². The van der Waals surface area contributed by atoms with Gasteiger partial charge in [-0.15, -0.1) is 0 Å². The molecule has 2 N–H and O–H groups in total. The fourth-order valence-electron chi connectivity index (χ4n) is 0.642. The van der Waals surface area contributed by atoms with Crippen LogP contribution < -0.4 is 5.14 Å². The van der Waals surface area contributed by atoms with E-state index in [1.807, 2.05) is 0 Å². The molecule has 0 amide bonds. The van der Waals surface area contributed by atoms with Gasteiger partial charge < -0.3 is 4.18 Å². The zero-order chi connectivity index (χ0) is 9.90. The van der Waals surface area contributed by atoms with E-state index in [9.17, 15) is 13.2 Å². The normalized spacial score (nSPS) is 10.8. The van der Waals surface area contributed by atoms with E-state index in [1.54, 1.807) is 0 Å². The SMILES string of the molecule is NS(=O)(=O)OC(=O)c1ccncc1. The molecule has 0 fully saturated rings. The van der Waals surface area contributed by atoms with Gasteiger partial charge in [0.05, 0.1) is 5.56 Å². The van der Waals surface area contributed by atoms with Gasteiger partial charge in [0.15, 0.2) is 0 Å². The first kappa shape index (κ1) is 9.62. The standard InChI is InChI=1S/C6H6N2O4S/c7-13(10,11)12-6(9)5-1-3-8-4-2-5/h1-4H,(H2,7,10,11). The molecule has 0 radical (unpaired) electrons. The van der Waals surface area contributed by atoms with Gasteiger partial charge in [-0.3, -0.25) is 4.98 Å². The third-order valence-corrected chi connectivity index (χ3v) is 1.49. The third-order valence-electron chi connectivity index (χ3n) is 1.11. The molecular weight excluding hydrogens is 196 g/mol. The van der Waals surface area contributed by atoms with E-state index in [1.165, 1.54) is 24.5 Å². The first-order chi connectivity index (χ1) is 5.99. The first-order valence-electron chi connectivity index (χ1n) is 3.15. The zero-order valence-electron chi connectivity index (χ0n) is 6.38. The molecule has 0 aliphatic rings. The smallest absolute Gasteiger partial charge is 0.330 e. The molecule has 0 saturated carbocycles. The summed E-state index contributed by atoms with van der Waals surface area (Å²) >= 11 is 0. The molecule has 1 aromatic rings. The summed E-state index contributed by atoms with van der Waals surface area (Å²) in [5.74, 6) is -1.02. The van der Waals surface area contributed by atoms with E-state index in [-0.39, 0.29) is 5.56 Å². The molecule has 13 heavy (non-hydrogen) atoms.